The number of benzene rings is 1. The van der Waals surface area contributed by atoms with Crippen molar-refractivity contribution in [3.63, 3.8) is 0 Å². The van der Waals surface area contributed by atoms with Crippen molar-refractivity contribution in [3.05, 3.63) is 64.5 Å². The van der Waals surface area contributed by atoms with Crippen LogP contribution in [0.1, 0.15) is 95.1 Å². The van der Waals surface area contributed by atoms with Crippen LogP contribution in [-0.2, 0) is 0 Å². The third-order valence-corrected chi connectivity index (χ3v) is 7.23. The third-order valence-electron chi connectivity index (χ3n) is 7.23. The average Bonchev–Trinajstić information content (AvgIpc) is 2.82. The summed E-state index contributed by atoms with van der Waals surface area (Å²) in [6.45, 7) is 3.77. The van der Waals surface area contributed by atoms with E-state index in [-0.39, 0.29) is 18.4 Å². The first-order valence-corrected chi connectivity index (χ1v) is 12.5. The number of allylic oxidation sites excluding steroid dienone is 5. The maximum absolute atomic E-state index is 14.8. The fourth-order valence-electron chi connectivity index (χ4n) is 5.10. The molecule has 1 aromatic carbocycles. The molecule has 0 atom stereocenters. The molecule has 1 aromatic rings. The smallest absolute Gasteiger partial charge is 0.203 e. The summed E-state index contributed by atoms with van der Waals surface area (Å²) in [6, 6.07) is 6.06. The molecule has 0 bridgehead atoms. The van der Waals surface area contributed by atoms with Crippen LogP contribution in [0.25, 0.3) is 5.83 Å². The Bertz CT molecular complexity index is 915. The topological polar surface area (TPSA) is 0 Å². The highest BCUT2D eigenvalue weighted by atomic mass is 19.3. The van der Waals surface area contributed by atoms with Gasteiger partial charge in [-0.1, -0.05) is 76.3 Å². The fourth-order valence-corrected chi connectivity index (χ4v) is 5.10. The van der Waals surface area contributed by atoms with E-state index >= 15 is 0 Å². The molecular weight excluding hydrogens is 450 g/mol. The van der Waals surface area contributed by atoms with Crippen LogP contribution in [-0.4, -0.2) is 11.8 Å². The minimum absolute atomic E-state index is 0.236. The van der Waals surface area contributed by atoms with Gasteiger partial charge in [-0.2, -0.15) is 17.6 Å². The average molecular weight is 485 g/mol. The molecule has 0 nitrogen and oxygen atoms in total. The number of rotatable bonds is 9. The van der Waals surface area contributed by atoms with E-state index in [0.717, 1.165) is 43.2 Å². The van der Waals surface area contributed by atoms with Crippen LogP contribution < -0.4 is 0 Å². The fraction of sp³-hybridized carbons (Fsp3) is 0.571. The summed E-state index contributed by atoms with van der Waals surface area (Å²) < 4.78 is 87.1. The van der Waals surface area contributed by atoms with Crippen molar-refractivity contribution in [2.45, 2.75) is 95.8 Å². The van der Waals surface area contributed by atoms with Crippen molar-refractivity contribution >= 4 is 5.83 Å². The quantitative estimate of drug-likeness (QED) is 0.242. The summed E-state index contributed by atoms with van der Waals surface area (Å²) in [5.74, 6) is -11.8. The van der Waals surface area contributed by atoms with Crippen LogP contribution in [0.15, 0.2) is 53.4 Å². The number of unbranched alkanes of at least 4 members (excludes halogenated alkanes) is 2. The minimum Gasteiger partial charge on any atom is -0.203 e. The van der Waals surface area contributed by atoms with Gasteiger partial charge in [-0.25, -0.2) is 8.78 Å². The Morgan fingerprint density at radius 1 is 0.794 bits per heavy atom. The highest BCUT2D eigenvalue weighted by Gasteiger charge is 2.62. The van der Waals surface area contributed by atoms with Crippen LogP contribution in [0.3, 0.4) is 0 Å². The van der Waals surface area contributed by atoms with E-state index in [0.29, 0.717) is 12.0 Å². The molecule has 0 saturated heterocycles. The van der Waals surface area contributed by atoms with Crippen molar-refractivity contribution in [1.29, 1.82) is 0 Å². The van der Waals surface area contributed by atoms with Gasteiger partial charge in [0, 0.05) is 11.1 Å². The number of halogens is 6. The van der Waals surface area contributed by atoms with Gasteiger partial charge in [0.15, 0.2) is 11.7 Å². The van der Waals surface area contributed by atoms with E-state index in [4.69, 9.17) is 0 Å². The van der Waals surface area contributed by atoms with Crippen LogP contribution in [0.2, 0.25) is 0 Å². The summed E-state index contributed by atoms with van der Waals surface area (Å²) in [4.78, 5) is 0. The van der Waals surface area contributed by atoms with Crippen molar-refractivity contribution in [1.82, 2.24) is 0 Å². The lowest BCUT2D eigenvalue weighted by atomic mass is 9.77. The predicted octanol–water partition coefficient (Wildman–Crippen LogP) is 10.1. The largest absolute Gasteiger partial charge is 0.342 e. The molecule has 2 aliphatic rings. The van der Waals surface area contributed by atoms with Crippen LogP contribution in [0, 0.1) is 5.92 Å². The molecule has 0 N–H and O–H groups in total. The molecule has 34 heavy (non-hydrogen) atoms. The molecule has 1 saturated carbocycles. The molecule has 188 valence electrons. The Balaban J connectivity index is 1.74. The second-order valence-electron chi connectivity index (χ2n) is 9.63. The number of hydrogen-bond acceptors (Lipinski definition) is 0. The number of alkyl halides is 4. The molecule has 0 unspecified atom stereocenters. The molecule has 3 rings (SSSR count). The number of hydrogen-bond donors (Lipinski definition) is 0. The Labute approximate surface area is 198 Å². The second kappa shape index (κ2) is 11.2. The summed E-state index contributed by atoms with van der Waals surface area (Å²) in [5.41, 5.74) is -1.63. The summed E-state index contributed by atoms with van der Waals surface area (Å²) >= 11 is 0. The molecule has 0 aliphatic heterocycles. The normalized spacial score (nSPS) is 24.8. The lowest BCUT2D eigenvalue weighted by Crippen LogP contribution is -2.45. The van der Waals surface area contributed by atoms with Crippen molar-refractivity contribution in [2.75, 3.05) is 0 Å². The predicted molar refractivity (Wildman–Crippen MR) is 125 cm³/mol. The Hall–Kier alpha value is -1.98. The Morgan fingerprint density at radius 3 is 2.03 bits per heavy atom. The van der Waals surface area contributed by atoms with E-state index < -0.39 is 34.6 Å². The highest BCUT2D eigenvalue weighted by Crippen LogP contribution is 2.51. The molecule has 6 heteroatoms. The van der Waals surface area contributed by atoms with Gasteiger partial charge in [0.1, 0.15) is 0 Å². The van der Waals surface area contributed by atoms with Gasteiger partial charge in [0.25, 0.3) is 0 Å². The van der Waals surface area contributed by atoms with E-state index in [1.807, 2.05) is 0 Å². The van der Waals surface area contributed by atoms with E-state index in [9.17, 15) is 26.3 Å². The third kappa shape index (κ3) is 5.46. The van der Waals surface area contributed by atoms with Gasteiger partial charge in [0.2, 0.25) is 0 Å². The van der Waals surface area contributed by atoms with Gasteiger partial charge in [0.05, 0.1) is 5.57 Å². The molecular formula is C28H34F6. The first-order chi connectivity index (χ1) is 16.1. The monoisotopic (exact) mass is 484 g/mol. The Morgan fingerprint density at radius 2 is 1.44 bits per heavy atom. The zero-order chi connectivity index (χ0) is 24.9. The van der Waals surface area contributed by atoms with Crippen LogP contribution >= 0.6 is 0 Å². The summed E-state index contributed by atoms with van der Waals surface area (Å²) in [6.07, 6.45) is 10.7. The lowest BCUT2D eigenvalue weighted by Gasteiger charge is -2.32. The van der Waals surface area contributed by atoms with Gasteiger partial charge in [-0.05, 0) is 55.6 Å². The molecule has 0 amide bonds. The molecule has 0 heterocycles. The van der Waals surface area contributed by atoms with Gasteiger partial charge >= 0.3 is 11.8 Å². The Kier molecular flexibility index (Phi) is 8.75. The SMILES string of the molecule is CCCCCC1CCC(c2ccc(/C(F)=C(\F)C3=CC=C(CCC)C(F)(F)C3(F)F)cc2)CC1. The zero-order valence-corrected chi connectivity index (χ0v) is 20.0. The molecule has 0 radical (unpaired) electrons. The lowest BCUT2D eigenvalue weighted by molar-refractivity contribution is -0.164. The van der Waals surface area contributed by atoms with Crippen molar-refractivity contribution in [3.8, 4) is 0 Å². The molecule has 0 aromatic heterocycles. The molecule has 1 fully saturated rings. The maximum Gasteiger partial charge on any atom is 0.342 e. The highest BCUT2D eigenvalue weighted by molar-refractivity contribution is 5.67. The standard InChI is InChI=1S/C28H34F6/c1-3-5-6-8-19-9-11-20(12-10-19)21-13-15-22(16-14-21)25(29)26(30)24-18-17-23(7-4-2)27(31,32)28(24,33)34/h13-20H,3-12H2,1-2H3/b26-25+. The zero-order valence-electron chi connectivity index (χ0n) is 20.0. The minimum atomic E-state index is -4.83. The van der Waals surface area contributed by atoms with Crippen LogP contribution in [0.5, 0.6) is 0 Å². The van der Waals surface area contributed by atoms with Crippen LogP contribution in [0.4, 0.5) is 26.3 Å². The summed E-state index contributed by atoms with van der Waals surface area (Å²) in [5, 5.41) is 0. The maximum atomic E-state index is 14.8. The van der Waals surface area contributed by atoms with E-state index in [2.05, 4.69) is 6.92 Å². The first-order valence-electron chi connectivity index (χ1n) is 12.5. The van der Waals surface area contributed by atoms with E-state index in [1.54, 1.807) is 19.1 Å². The van der Waals surface area contributed by atoms with Crippen molar-refractivity contribution in [2.24, 2.45) is 5.92 Å². The van der Waals surface area contributed by atoms with Gasteiger partial charge < -0.3 is 0 Å². The molecule has 2 aliphatic carbocycles. The summed E-state index contributed by atoms with van der Waals surface area (Å²) in [7, 11) is 0. The van der Waals surface area contributed by atoms with Crippen molar-refractivity contribution < 1.29 is 26.3 Å². The first kappa shape index (κ1) is 26.6. The van der Waals surface area contributed by atoms with Gasteiger partial charge in [-0.15, -0.1) is 0 Å². The van der Waals surface area contributed by atoms with E-state index in [1.165, 1.54) is 37.8 Å². The molecule has 0 spiro atoms. The second-order valence-corrected chi connectivity index (χ2v) is 9.63. The van der Waals surface area contributed by atoms with Gasteiger partial charge in [-0.3, -0.25) is 0 Å².